The fraction of sp³-hybridized carbons (Fsp3) is 0.526. The van der Waals surface area contributed by atoms with Crippen molar-refractivity contribution in [1.82, 2.24) is 5.32 Å². The van der Waals surface area contributed by atoms with E-state index in [9.17, 15) is 4.79 Å². The lowest BCUT2D eigenvalue weighted by Crippen LogP contribution is -2.47. The molecule has 1 saturated heterocycles. The fourth-order valence-electron chi connectivity index (χ4n) is 3.21. The van der Waals surface area contributed by atoms with Gasteiger partial charge in [0.25, 0.3) is 0 Å². The molecule has 3 N–H and O–H groups in total. The zero-order valence-electron chi connectivity index (χ0n) is 14.8. The van der Waals surface area contributed by atoms with Crippen LogP contribution in [0.3, 0.4) is 0 Å². The average molecular weight is 346 g/mol. The molecular weight excluding hydrogens is 320 g/mol. The normalized spacial score (nSPS) is 18.0. The Balaban J connectivity index is 1.70. The summed E-state index contributed by atoms with van der Waals surface area (Å²) < 4.78 is 16.9. The van der Waals surface area contributed by atoms with Crippen LogP contribution in [0.4, 0.5) is 0 Å². The highest BCUT2D eigenvalue weighted by atomic mass is 16.5. The van der Waals surface area contributed by atoms with Crippen LogP contribution in [0.2, 0.25) is 0 Å². The second-order valence-electron chi connectivity index (χ2n) is 6.46. The lowest BCUT2D eigenvalue weighted by Gasteiger charge is -2.27. The van der Waals surface area contributed by atoms with Gasteiger partial charge >= 0.3 is 0 Å². The van der Waals surface area contributed by atoms with Gasteiger partial charge in [0, 0.05) is 18.6 Å². The molecule has 0 radical (unpaired) electrons. The van der Waals surface area contributed by atoms with E-state index in [2.05, 4.69) is 5.32 Å². The van der Waals surface area contributed by atoms with Gasteiger partial charge in [0.15, 0.2) is 11.3 Å². The van der Waals surface area contributed by atoms with Crippen molar-refractivity contribution in [3.63, 3.8) is 0 Å². The Morgan fingerprint density at radius 1 is 1.40 bits per heavy atom. The van der Waals surface area contributed by atoms with Crippen LogP contribution in [0.5, 0.6) is 5.75 Å². The van der Waals surface area contributed by atoms with Crippen LogP contribution in [0.15, 0.2) is 28.7 Å². The van der Waals surface area contributed by atoms with Crippen LogP contribution in [0.1, 0.15) is 38.5 Å². The lowest BCUT2D eigenvalue weighted by molar-refractivity contribution is -0.125. The second kappa shape index (κ2) is 7.89. The standard InChI is InChI=1S/C19H26N2O4/c1-3-24-15-6-4-5-14-11-16(25-18(14)15)12(2)21-19(22)17(20)13-7-9-23-10-8-13/h4-6,11-13,17H,3,7-10,20H2,1-2H3,(H,21,22). The minimum absolute atomic E-state index is 0.148. The quantitative estimate of drug-likeness (QED) is 0.840. The van der Waals surface area contributed by atoms with Crippen molar-refractivity contribution in [2.75, 3.05) is 19.8 Å². The van der Waals surface area contributed by atoms with Gasteiger partial charge in [-0.05, 0) is 44.7 Å². The molecule has 2 unspecified atom stereocenters. The molecule has 0 spiro atoms. The molecule has 1 aliphatic rings. The summed E-state index contributed by atoms with van der Waals surface area (Å²) >= 11 is 0. The van der Waals surface area contributed by atoms with E-state index in [1.807, 2.05) is 38.1 Å². The molecule has 2 heterocycles. The first-order valence-corrected chi connectivity index (χ1v) is 8.89. The number of fused-ring (bicyclic) bond motifs is 1. The number of benzene rings is 1. The van der Waals surface area contributed by atoms with Crippen LogP contribution < -0.4 is 15.8 Å². The molecule has 3 rings (SSSR count). The molecule has 0 saturated carbocycles. The SMILES string of the molecule is CCOc1cccc2cc(C(C)NC(=O)C(N)C3CCOCC3)oc12. The minimum atomic E-state index is -0.519. The van der Waals surface area contributed by atoms with Crippen molar-refractivity contribution >= 4 is 16.9 Å². The molecule has 6 nitrogen and oxygen atoms in total. The average Bonchev–Trinajstić information content (AvgIpc) is 3.07. The van der Waals surface area contributed by atoms with E-state index in [-0.39, 0.29) is 17.9 Å². The number of carbonyl (C=O) groups is 1. The van der Waals surface area contributed by atoms with E-state index in [4.69, 9.17) is 19.6 Å². The number of nitrogens with one attached hydrogen (secondary N) is 1. The highest BCUT2D eigenvalue weighted by molar-refractivity contribution is 5.85. The van der Waals surface area contributed by atoms with Gasteiger partial charge in [-0.1, -0.05) is 12.1 Å². The number of carbonyl (C=O) groups excluding carboxylic acids is 1. The monoisotopic (exact) mass is 346 g/mol. The van der Waals surface area contributed by atoms with Gasteiger partial charge in [0.05, 0.1) is 18.7 Å². The fourth-order valence-corrected chi connectivity index (χ4v) is 3.21. The number of furan rings is 1. The number of hydrogen-bond acceptors (Lipinski definition) is 5. The maximum absolute atomic E-state index is 12.5. The van der Waals surface area contributed by atoms with E-state index in [1.165, 1.54) is 0 Å². The zero-order valence-corrected chi connectivity index (χ0v) is 14.8. The number of para-hydroxylation sites is 1. The van der Waals surface area contributed by atoms with E-state index in [1.54, 1.807) is 0 Å². The summed E-state index contributed by atoms with van der Waals surface area (Å²) in [6.07, 6.45) is 1.65. The van der Waals surface area contributed by atoms with E-state index < -0.39 is 6.04 Å². The van der Waals surface area contributed by atoms with Gasteiger partial charge in [0.1, 0.15) is 5.76 Å². The summed E-state index contributed by atoms with van der Waals surface area (Å²) in [7, 11) is 0. The molecule has 1 amide bonds. The Kier molecular flexibility index (Phi) is 5.60. The Morgan fingerprint density at radius 3 is 2.88 bits per heavy atom. The van der Waals surface area contributed by atoms with Crippen molar-refractivity contribution in [1.29, 1.82) is 0 Å². The third-order valence-corrected chi connectivity index (χ3v) is 4.69. The van der Waals surface area contributed by atoms with Gasteiger partial charge in [0.2, 0.25) is 5.91 Å². The Bertz CT molecular complexity index is 721. The van der Waals surface area contributed by atoms with Gasteiger partial charge in [-0.25, -0.2) is 0 Å². The highest BCUT2D eigenvalue weighted by Gasteiger charge is 2.28. The smallest absolute Gasteiger partial charge is 0.237 e. The Morgan fingerprint density at radius 2 is 2.16 bits per heavy atom. The van der Waals surface area contributed by atoms with E-state index >= 15 is 0 Å². The van der Waals surface area contributed by atoms with Crippen LogP contribution in [-0.4, -0.2) is 31.8 Å². The first-order chi connectivity index (χ1) is 12.1. The maximum atomic E-state index is 12.5. The molecule has 1 aromatic heterocycles. The molecule has 2 aromatic rings. The molecule has 1 aromatic carbocycles. The van der Waals surface area contributed by atoms with Crippen molar-refractivity contribution in [3.8, 4) is 5.75 Å². The lowest BCUT2D eigenvalue weighted by atomic mass is 9.91. The predicted octanol–water partition coefficient (Wildman–Crippen LogP) is 2.76. The van der Waals surface area contributed by atoms with Crippen molar-refractivity contribution in [3.05, 3.63) is 30.0 Å². The number of hydrogen-bond donors (Lipinski definition) is 2. The largest absolute Gasteiger partial charge is 0.490 e. The predicted molar refractivity (Wildman–Crippen MR) is 95.5 cm³/mol. The molecule has 0 aliphatic carbocycles. The van der Waals surface area contributed by atoms with Crippen LogP contribution >= 0.6 is 0 Å². The molecule has 25 heavy (non-hydrogen) atoms. The van der Waals surface area contributed by atoms with Crippen molar-refractivity contribution in [2.45, 2.75) is 38.8 Å². The van der Waals surface area contributed by atoms with E-state index in [0.717, 1.165) is 18.2 Å². The minimum Gasteiger partial charge on any atom is -0.490 e. The van der Waals surface area contributed by atoms with Crippen molar-refractivity contribution < 1.29 is 18.7 Å². The highest BCUT2D eigenvalue weighted by Crippen LogP contribution is 2.31. The Hall–Kier alpha value is -2.05. The maximum Gasteiger partial charge on any atom is 0.237 e. The van der Waals surface area contributed by atoms with Crippen LogP contribution in [0, 0.1) is 5.92 Å². The summed E-state index contributed by atoms with van der Waals surface area (Å²) in [5.41, 5.74) is 6.84. The molecule has 0 bridgehead atoms. The number of ether oxygens (including phenoxy) is 2. The summed E-state index contributed by atoms with van der Waals surface area (Å²) in [4.78, 5) is 12.5. The summed E-state index contributed by atoms with van der Waals surface area (Å²) in [5, 5.41) is 3.92. The van der Waals surface area contributed by atoms with Crippen LogP contribution in [-0.2, 0) is 9.53 Å². The third kappa shape index (κ3) is 3.96. The molecular formula is C19H26N2O4. The topological polar surface area (TPSA) is 86.7 Å². The van der Waals surface area contributed by atoms with Gasteiger partial charge in [-0.3, -0.25) is 4.79 Å². The van der Waals surface area contributed by atoms with Crippen LogP contribution in [0.25, 0.3) is 11.0 Å². The first-order valence-electron chi connectivity index (χ1n) is 8.89. The molecule has 1 fully saturated rings. The summed E-state index contributed by atoms with van der Waals surface area (Å²) in [5.74, 6) is 1.42. The molecule has 136 valence electrons. The second-order valence-corrected chi connectivity index (χ2v) is 6.46. The summed E-state index contributed by atoms with van der Waals surface area (Å²) in [6, 6.07) is 6.92. The third-order valence-electron chi connectivity index (χ3n) is 4.69. The summed E-state index contributed by atoms with van der Waals surface area (Å²) in [6.45, 7) is 5.74. The Labute approximate surface area is 147 Å². The first kappa shape index (κ1) is 17.8. The number of amides is 1. The molecule has 6 heteroatoms. The van der Waals surface area contributed by atoms with Gasteiger partial charge in [-0.2, -0.15) is 0 Å². The number of rotatable bonds is 6. The molecule has 1 aliphatic heterocycles. The zero-order chi connectivity index (χ0) is 17.8. The van der Waals surface area contributed by atoms with E-state index in [0.29, 0.717) is 36.9 Å². The van der Waals surface area contributed by atoms with Crippen molar-refractivity contribution in [2.24, 2.45) is 11.7 Å². The molecule has 2 atom stereocenters. The van der Waals surface area contributed by atoms with Gasteiger partial charge in [-0.15, -0.1) is 0 Å². The number of nitrogens with two attached hydrogens (primary N) is 1. The van der Waals surface area contributed by atoms with Gasteiger partial charge < -0.3 is 24.9 Å².